The average Bonchev–Trinajstić information content (AvgIpc) is 3.11. The topological polar surface area (TPSA) is 88.8 Å². The molecule has 3 aromatic rings. The molecule has 7 heteroatoms. The molecule has 0 saturated carbocycles. The number of amides is 2. The van der Waals surface area contributed by atoms with E-state index in [0.717, 1.165) is 23.9 Å². The van der Waals surface area contributed by atoms with E-state index in [1.165, 1.54) is 6.07 Å². The molecular formula is C22H20N2O5. The number of hydrogen-bond donors (Lipinski definition) is 1. The maximum absolute atomic E-state index is 12.2. The van der Waals surface area contributed by atoms with Crippen molar-refractivity contribution in [1.29, 1.82) is 0 Å². The highest BCUT2D eigenvalue weighted by Crippen LogP contribution is 2.20. The molecule has 0 atom stereocenters. The first-order valence-electron chi connectivity index (χ1n) is 9.40. The summed E-state index contributed by atoms with van der Waals surface area (Å²) in [6.45, 7) is 1.13. The first kappa shape index (κ1) is 18.7. The quantitative estimate of drug-likeness (QED) is 0.652. The minimum atomic E-state index is -0.442. The molecule has 0 unspecified atom stereocenters. The third-order valence-corrected chi connectivity index (χ3v) is 4.72. The zero-order valence-electron chi connectivity index (χ0n) is 15.7. The summed E-state index contributed by atoms with van der Waals surface area (Å²) in [6, 6.07) is 15.5. The molecule has 7 nitrogen and oxygen atoms in total. The molecule has 4 rings (SSSR count). The van der Waals surface area contributed by atoms with Gasteiger partial charge in [0.1, 0.15) is 11.3 Å². The zero-order valence-corrected chi connectivity index (χ0v) is 15.7. The molecule has 1 saturated heterocycles. The minimum absolute atomic E-state index is 0.166. The summed E-state index contributed by atoms with van der Waals surface area (Å²) in [4.78, 5) is 37.2. The smallest absolute Gasteiger partial charge is 0.336 e. The summed E-state index contributed by atoms with van der Waals surface area (Å²) >= 11 is 0. The summed E-state index contributed by atoms with van der Waals surface area (Å²) in [7, 11) is 0. The van der Waals surface area contributed by atoms with Gasteiger partial charge in [0, 0.05) is 42.7 Å². The number of nitrogens with zero attached hydrogens (tertiary/aromatic N) is 1. The van der Waals surface area contributed by atoms with E-state index >= 15 is 0 Å². The van der Waals surface area contributed by atoms with E-state index in [-0.39, 0.29) is 18.4 Å². The summed E-state index contributed by atoms with van der Waals surface area (Å²) in [5, 5.41) is 3.57. The Balaban J connectivity index is 1.35. The number of ether oxygens (including phenoxy) is 1. The molecule has 0 radical (unpaired) electrons. The van der Waals surface area contributed by atoms with Crippen molar-refractivity contribution >= 4 is 28.5 Å². The lowest BCUT2D eigenvalue weighted by Gasteiger charge is -2.16. The maximum Gasteiger partial charge on any atom is 0.336 e. The van der Waals surface area contributed by atoms with Crippen LogP contribution in [0.25, 0.3) is 11.0 Å². The van der Waals surface area contributed by atoms with E-state index in [2.05, 4.69) is 5.32 Å². The second kappa shape index (κ2) is 8.18. The second-order valence-corrected chi connectivity index (χ2v) is 6.91. The van der Waals surface area contributed by atoms with Crippen molar-refractivity contribution in [2.75, 3.05) is 18.5 Å². The van der Waals surface area contributed by atoms with Crippen LogP contribution in [0.2, 0.25) is 0 Å². The van der Waals surface area contributed by atoms with Crippen LogP contribution in [0.15, 0.2) is 63.8 Å². The molecule has 0 aliphatic carbocycles. The Labute approximate surface area is 166 Å². The fraction of sp³-hybridized carbons (Fsp3) is 0.227. The van der Waals surface area contributed by atoms with Crippen molar-refractivity contribution in [2.24, 2.45) is 0 Å². The SMILES string of the molecule is O=C(COc1ccc2ccc(=O)oc2c1)Nc1cccc(CN2CCCC2=O)c1. The largest absolute Gasteiger partial charge is 0.484 e. The zero-order chi connectivity index (χ0) is 20.2. The van der Waals surface area contributed by atoms with Crippen LogP contribution < -0.4 is 15.7 Å². The highest BCUT2D eigenvalue weighted by Gasteiger charge is 2.20. The molecule has 1 N–H and O–H groups in total. The number of carbonyl (C=O) groups is 2. The van der Waals surface area contributed by atoms with Gasteiger partial charge in [-0.25, -0.2) is 4.79 Å². The summed E-state index contributed by atoms with van der Waals surface area (Å²) < 4.78 is 10.6. The van der Waals surface area contributed by atoms with Crippen molar-refractivity contribution < 1.29 is 18.7 Å². The van der Waals surface area contributed by atoms with E-state index < -0.39 is 5.63 Å². The van der Waals surface area contributed by atoms with Gasteiger partial charge in [-0.15, -0.1) is 0 Å². The van der Waals surface area contributed by atoms with Gasteiger partial charge in [-0.2, -0.15) is 0 Å². The van der Waals surface area contributed by atoms with Crippen LogP contribution in [0.5, 0.6) is 5.75 Å². The summed E-state index contributed by atoms with van der Waals surface area (Å²) in [5.74, 6) is 0.288. The number of carbonyl (C=O) groups excluding carboxylic acids is 2. The van der Waals surface area contributed by atoms with Gasteiger partial charge in [0.15, 0.2) is 6.61 Å². The monoisotopic (exact) mass is 392 g/mol. The number of fused-ring (bicyclic) bond motifs is 1. The molecular weight excluding hydrogens is 372 g/mol. The summed E-state index contributed by atoms with van der Waals surface area (Å²) in [6.07, 6.45) is 1.50. The van der Waals surface area contributed by atoms with Gasteiger partial charge in [0.2, 0.25) is 5.91 Å². The van der Waals surface area contributed by atoms with Crippen LogP contribution >= 0.6 is 0 Å². The Kier molecular flexibility index (Phi) is 5.29. The lowest BCUT2D eigenvalue weighted by Crippen LogP contribution is -2.24. The predicted octanol–water partition coefficient (Wildman–Crippen LogP) is 2.93. The second-order valence-electron chi connectivity index (χ2n) is 6.91. The van der Waals surface area contributed by atoms with E-state index in [0.29, 0.717) is 30.0 Å². The normalized spacial score (nSPS) is 13.7. The maximum atomic E-state index is 12.2. The third kappa shape index (κ3) is 4.63. The molecule has 1 aromatic heterocycles. The van der Waals surface area contributed by atoms with Crippen LogP contribution in [0.1, 0.15) is 18.4 Å². The van der Waals surface area contributed by atoms with Crippen LogP contribution in [-0.2, 0) is 16.1 Å². The number of anilines is 1. The lowest BCUT2D eigenvalue weighted by molar-refractivity contribution is -0.128. The molecule has 1 fully saturated rings. The lowest BCUT2D eigenvalue weighted by atomic mass is 10.2. The van der Waals surface area contributed by atoms with Gasteiger partial charge < -0.3 is 19.4 Å². The van der Waals surface area contributed by atoms with Gasteiger partial charge in [0.25, 0.3) is 5.91 Å². The molecule has 0 bridgehead atoms. The first-order chi connectivity index (χ1) is 14.1. The Hall–Kier alpha value is -3.61. The standard InChI is InChI=1S/C22H20N2O5/c25-20(14-28-18-8-6-16-7-9-22(27)29-19(16)12-18)23-17-4-1-3-15(11-17)13-24-10-2-5-21(24)26/h1,3-4,6-9,11-12H,2,5,10,13-14H2,(H,23,25). The molecule has 29 heavy (non-hydrogen) atoms. The van der Waals surface area contributed by atoms with Crippen molar-refractivity contribution in [2.45, 2.75) is 19.4 Å². The van der Waals surface area contributed by atoms with E-state index in [4.69, 9.17) is 9.15 Å². The van der Waals surface area contributed by atoms with Crippen LogP contribution in [-0.4, -0.2) is 29.9 Å². The molecule has 148 valence electrons. The molecule has 0 spiro atoms. The fourth-order valence-corrected chi connectivity index (χ4v) is 3.32. The number of benzene rings is 2. The van der Waals surface area contributed by atoms with Gasteiger partial charge in [0.05, 0.1) is 0 Å². The third-order valence-electron chi connectivity index (χ3n) is 4.72. The van der Waals surface area contributed by atoms with Gasteiger partial charge >= 0.3 is 5.63 Å². The highest BCUT2D eigenvalue weighted by molar-refractivity contribution is 5.92. The Morgan fingerprint density at radius 2 is 1.97 bits per heavy atom. The van der Waals surface area contributed by atoms with Crippen molar-refractivity contribution in [3.05, 3.63) is 70.6 Å². The average molecular weight is 392 g/mol. The number of likely N-dealkylation sites (tertiary alicyclic amines) is 1. The molecule has 1 aliphatic rings. The molecule has 2 amide bonds. The fourth-order valence-electron chi connectivity index (χ4n) is 3.32. The van der Waals surface area contributed by atoms with E-state index in [1.807, 2.05) is 23.1 Å². The molecule has 2 aromatic carbocycles. The van der Waals surface area contributed by atoms with Crippen molar-refractivity contribution in [3.63, 3.8) is 0 Å². The Morgan fingerprint density at radius 1 is 1.10 bits per heavy atom. The Morgan fingerprint density at radius 3 is 2.79 bits per heavy atom. The van der Waals surface area contributed by atoms with Crippen molar-refractivity contribution in [1.82, 2.24) is 4.90 Å². The predicted molar refractivity (Wildman–Crippen MR) is 108 cm³/mol. The number of hydrogen-bond acceptors (Lipinski definition) is 5. The van der Waals surface area contributed by atoms with Crippen LogP contribution in [0, 0.1) is 0 Å². The minimum Gasteiger partial charge on any atom is -0.484 e. The number of nitrogens with one attached hydrogen (secondary N) is 1. The molecule has 1 aliphatic heterocycles. The first-order valence-corrected chi connectivity index (χ1v) is 9.40. The highest BCUT2D eigenvalue weighted by atomic mass is 16.5. The molecule has 2 heterocycles. The van der Waals surface area contributed by atoms with Gasteiger partial charge in [-0.3, -0.25) is 9.59 Å². The van der Waals surface area contributed by atoms with Crippen LogP contribution in [0.4, 0.5) is 5.69 Å². The Bertz CT molecular complexity index is 1120. The van der Waals surface area contributed by atoms with Crippen LogP contribution in [0.3, 0.4) is 0 Å². The number of rotatable bonds is 6. The van der Waals surface area contributed by atoms with Gasteiger partial charge in [-0.05, 0) is 42.3 Å². The van der Waals surface area contributed by atoms with E-state index in [9.17, 15) is 14.4 Å². The van der Waals surface area contributed by atoms with E-state index in [1.54, 1.807) is 30.3 Å². The van der Waals surface area contributed by atoms with Gasteiger partial charge in [-0.1, -0.05) is 12.1 Å². The summed E-state index contributed by atoms with van der Waals surface area (Å²) in [5.41, 5.74) is 1.57. The van der Waals surface area contributed by atoms with Crippen molar-refractivity contribution in [3.8, 4) is 5.75 Å².